The minimum atomic E-state index is -0.330. The second-order valence-corrected chi connectivity index (χ2v) is 5.95. The van der Waals surface area contributed by atoms with Gasteiger partial charge in [0, 0.05) is 6.04 Å². The van der Waals surface area contributed by atoms with Crippen LogP contribution in [0, 0.1) is 0 Å². The number of likely N-dealkylation sites (tertiary alicyclic amines) is 1. The van der Waals surface area contributed by atoms with Crippen LogP contribution in [-0.2, 0) is 4.79 Å². The number of carbonyl (C=O) groups is 1. The van der Waals surface area contributed by atoms with Crippen LogP contribution in [0.5, 0.6) is 0 Å². The van der Waals surface area contributed by atoms with Gasteiger partial charge in [-0.2, -0.15) is 11.3 Å². The molecule has 3 rings (SSSR count). The van der Waals surface area contributed by atoms with E-state index in [1.807, 2.05) is 30.3 Å². The molecule has 0 bridgehead atoms. The molecule has 3 nitrogen and oxygen atoms in total. The molecule has 0 spiro atoms. The zero-order chi connectivity index (χ0) is 13.9. The third-order valence-electron chi connectivity index (χ3n) is 3.94. The molecule has 1 amide bonds. The zero-order valence-electron chi connectivity index (χ0n) is 11.2. The van der Waals surface area contributed by atoms with Crippen LogP contribution >= 0.6 is 11.3 Å². The van der Waals surface area contributed by atoms with Gasteiger partial charge >= 0.3 is 0 Å². The van der Waals surface area contributed by atoms with Crippen molar-refractivity contribution in [2.75, 3.05) is 6.54 Å². The lowest BCUT2D eigenvalue weighted by molar-refractivity contribution is -0.123. The fraction of sp³-hybridized carbons (Fsp3) is 0.312. The lowest BCUT2D eigenvalue weighted by atomic mass is 10.0. The maximum absolute atomic E-state index is 12.0. The molecule has 4 heteroatoms. The van der Waals surface area contributed by atoms with Gasteiger partial charge in [0.2, 0.25) is 5.91 Å². The number of primary amides is 1. The predicted molar refractivity (Wildman–Crippen MR) is 81.4 cm³/mol. The highest BCUT2D eigenvalue weighted by atomic mass is 32.1. The number of nitrogens with zero attached hydrogens (tertiary/aromatic N) is 1. The van der Waals surface area contributed by atoms with Crippen molar-refractivity contribution in [3.63, 3.8) is 0 Å². The standard InChI is InChI=1S/C16H18N2OS/c17-16(19)15(12-5-2-1-3-6-12)18-9-4-7-14(18)13-8-10-20-11-13/h1-3,5-6,8,10-11,14-15H,4,7,9H2,(H2,17,19)/t14-,15+/m0/s1. The molecule has 104 valence electrons. The summed E-state index contributed by atoms with van der Waals surface area (Å²) in [5.74, 6) is -0.265. The summed E-state index contributed by atoms with van der Waals surface area (Å²) >= 11 is 1.70. The van der Waals surface area contributed by atoms with Crippen molar-refractivity contribution in [3.05, 3.63) is 58.3 Å². The van der Waals surface area contributed by atoms with Crippen molar-refractivity contribution in [3.8, 4) is 0 Å². The summed E-state index contributed by atoms with van der Waals surface area (Å²) in [4.78, 5) is 14.2. The summed E-state index contributed by atoms with van der Waals surface area (Å²) in [5.41, 5.74) is 7.97. The Kier molecular flexibility index (Phi) is 3.85. The van der Waals surface area contributed by atoms with E-state index in [1.165, 1.54) is 5.56 Å². The molecule has 2 N–H and O–H groups in total. The van der Waals surface area contributed by atoms with Crippen LogP contribution in [-0.4, -0.2) is 17.4 Å². The summed E-state index contributed by atoms with van der Waals surface area (Å²) in [6.07, 6.45) is 2.20. The van der Waals surface area contributed by atoms with E-state index >= 15 is 0 Å². The van der Waals surface area contributed by atoms with Crippen molar-refractivity contribution in [2.24, 2.45) is 5.73 Å². The molecule has 20 heavy (non-hydrogen) atoms. The van der Waals surface area contributed by atoms with E-state index in [4.69, 9.17) is 5.73 Å². The first-order valence-corrected chi connectivity index (χ1v) is 7.84. The molecule has 0 saturated carbocycles. The first kappa shape index (κ1) is 13.3. The van der Waals surface area contributed by atoms with E-state index < -0.39 is 0 Å². The molecule has 1 aromatic heterocycles. The lowest BCUT2D eigenvalue weighted by Crippen LogP contribution is -2.37. The van der Waals surface area contributed by atoms with E-state index in [0.29, 0.717) is 6.04 Å². The van der Waals surface area contributed by atoms with Crippen molar-refractivity contribution < 1.29 is 4.79 Å². The van der Waals surface area contributed by atoms with Gasteiger partial charge in [-0.3, -0.25) is 9.69 Å². The number of amides is 1. The smallest absolute Gasteiger partial charge is 0.239 e. The Balaban J connectivity index is 1.93. The van der Waals surface area contributed by atoms with E-state index in [1.54, 1.807) is 11.3 Å². The average molecular weight is 286 g/mol. The van der Waals surface area contributed by atoms with Gasteiger partial charge in [0.05, 0.1) is 0 Å². The molecular weight excluding hydrogens is 268 g/mol. The fourth-order valence-corrected chi connectivity index (χ4v) is 3.78. The van der Waals surface area contributed by atoms with Crippen molar-refractivity contribution in [1.82, 2.24) is 4.90 Å². The first-order chi connectivity index (χ1) is 9.77. The highest BCUT2D eigenvalue weighted by molar-refractivity contribution is 7.07. The van der Waals surface area contributed by atoms with Crippen molar-refractivity contribution >= 4 is 17.2 Å². The SMILES string of the molecule is NC(=O)[C@@H](c1ccccc1)N1CCC[C@H]1c1ccsc1. The second kappa shape index (κ2) is 5.77. The van der Waals surface area contributed by atoms with Gasteiger partial charge in [-0.25, -0.2) is 0 Å². The monoisotopic (exact) mass is 286 g/mol. The molecule has 1 aliphatic heterocycles. The molecule has 0 aliphatic carbocycles. The highest BCUT2D eigenvalue weighted by Crippen LogP contribution is 2.39. The largest absolute Gasteiger partial charge is 0.368 e. The van der Waals surface area contributed by atoms with Gasteiger partial charge in [-0.1, -0.05) is 30.3 Å². The normalized spacial score (nSPS) is 20.9. The Morgan fingerprint density at radius 2 is 2.10 bits per heavy atom. The van der Waals surface area contributed by atoms with Crippen LogP contribution in [0.25, 0.3) is 0 Å². The number of benzene rings is 1. The zero-order valence-corrected chi connectivity index (χ0v) is 12.1. The molecular formula is C16H18N2OS. The van der Waals surface area contributed by atoms with Crippen LogP contribution in [0.1, 0.15) is 36.1 Å². The topological polar surface area (TPSA) is 46.3 Å². The average Bonchev–Trinajstić information content (AvgIpc) is 3.09. The minimum Gasteiger partial charge on any atom is -0.368 e. The number of carbonyl (C=O) groups excluding carboxylic acids is 1. The van der Waals surface area contributed by atoms with Gasteiger partial charge in [0.1, 0.15) is 6.04 Å². The Bertz CT molecular complexity index is 567. The molecule has 1 fully saturated rings. The number of nitrogens with two attached hydrogens (primary N) is 1. The number of hydrogen-bond acceptors (Lipinski definition) is 3. The molecule has 2 heterocycles. The number of rotatable bonds is 4. The fourth-order valence-electron chi connectivity index (χ4n) is 3.08. The summed E-state index contributed by atoms with van der Waals surface area (Å²) in [6.45, 7) is 0.920. The predicted octanol–water partition coefficient (Wildman–Crippen LogP) is 3.11. The Hall–Kier alpha value is -1.65. The molecule has 2 aromatic rings. The van der Waals surface area contributed by atoms with E-state index in [2.05, 4.69) is 21.7 Å². The molecule has 2 atom stereocenters. The van der Waals surface area contributed by atoms with Crippen LogP contribution in [0.2, 0.25) is 0 Å². The maximum Gasteiger partial charge on any atom is 0.239 e. The van der Waals surface area contributed by atoms with E-state index in [-0.39, 0.29) is 11.9 Å². The lowest BCUT2D eigenvalue weighted by Gasteiger charge is -2.31. The molecule has 1 aromatic carbocycles. The Morgan fingerprint density at radius 1 is 1.30 bits per heavy atom. The maximum atomic E-state index is 12.0. The highest BCUT2D eigenvalue weighted by Gasteiger charge is 2.35. The Morgan fingerprint density at radius 3 is 2.75 bits per heavy atom. The molecule has 0 radical (unpaired) electrons. The summed E-state index contributed by atoms with van der Waals surface area (Å²) < 4.78 is 0. The second-order valence-electron chi connectivity index (χ2n) is 5.17. The number of hydrogen-bond donors (Lipinski definition) is 1. The summed E-state index contributed by atoms with van der Waals surface area (Å²) in [5, 5.41) is 4.26. The quantitative estimate of drug-likeness (QED) is 0.938. The number of thiophene rings is 1. The molecule has 1 saturated heterocycles. The van der Waals surface area contributed by atoms with Crippen molar-refractivity contribution in [1.29, 1.82) is 0 Å². The minimum absolute atomic E-state index is 0.265. The van der Waals surface area contributed by atoms with Gasteiger partial charge in [0.15, 0.2) is 0 Å². The first-order valence-electron chi connectivity index (χ1n) is 6.89. The van der Waals surface area contributed by atoms with Gasteiger partial charge in [-0.15, -0.1) is 0 Å². The molecule has 0 unspecified atom stereocenters. The van der Waals surface area contributed by atoms with Crippen LogP contribution in [0.4, 0.5) is 0 Å². The van der Waals surface area contributed by atoms with E-state index in [9.17, 15) is 4.79 Å². The van der Waals surface area contributed by atoms with Crippen LogP contribution in [0.15, 0.2) is 47.2 Å². The third-order valence-corrected chi connectivity index (χ3v) is 4.64. The van der Waals surface area contributed by atoms with Gasteiger partial charge in [0.25, 0.3) is 0 Å². The van der Waals surface area contributed by atoms with Crippen LogP contribution < -0.4 is 5.73 Å². The van der Waals surface area contributed by atoms with Gasteiger partial charge in [-0.05, 0) is 47.3 Å². The third kappa shape index (κ3) is 2.49. The van der Waals surface area contributed by atoms with Crippen molar-refractivity contribution in [2.45, 2.75) is 24.9 Å². The van der Waals surface area contributed by atoms with E-state index in [0.717, 1.165) is 24.9 Å². The summed E-state index contributed by atoms with van der Waals surface area (Å²) in [6, 6.07) is 12.0. The Labute approximate surface area is 123 Å². The molecule has 1 aliphatic rings. The van der Waals surface area contributed by atoms with Crippen LogP contribution in [0.3, 0.4) is 0 Å². The summed E-state index contributed by atoms with van der Waals surface area (Å²) in [7, 11) is 0. The van der Waals surface area contributed by atoms with Gasteiger partial charge < -0.3 is 5.73 Å².